The van der Waals surface area contributed by atoms with Crippen LogP contribution in [0, 0.1) is 0 Å². The Morgan fingerprint density at radius 1 is 1.31 bits per heavy atom. The number of aromatic hydroxyl groups is 1. The van der Waals surface area contributed by atoms with Crippen molar-refractivity contribution in [3.63, 3.8) is 0 Å². The van der Waals surface area contributed by atoms with E-state index in [0.29, 0.717) is 18.8 Å². The van der Waals surface area contributed by atoms with E-state index in [1.54, 1.807) is 10.6 Å². The van der Waals surface area contributed by atoms with Crippen molar-refractivity contribution < 1.29 is 10.2 Å². The van der Waals surface area contributed by atoms with Crippen LogP contribution < -0.4 is 5.56 Å². The molecule has 4 heteroatoms. The van der Waals surface area contributed by atoms with Gasteiger partial charge in [0.25, 0.3) is 5.56 Å². The molecular formula is C12H15NO3. The van der Waals surface area contributed by atoms with Crippen LogP contribution in [0.3, 0.4) is 0 Å². The van der Waals surface area contributed by atoms with Gasteiger partial charge in [-0.2, -0.15) is 0 Å². The van der Waals surface area contributed by atoms with E-state index in [4.69, 9.17) is 0 Å². The smallest absolute Gasteiger partial charge is 0.292 e. The lowest BCUT2D eigenvalue weighted by Gasteiger charge is -2.33. The van der Waals surface area contributed by atoms with Gasteiger partial charge in [0, 0.05) is 12.2 Å². The maximum absolute atomic E-state index is 11.7. The Kier molecular flexibility index (Phi) is 2.07. The molecule has 1 heterocycles. The fourth-order valence-corrected chi connectivity index (χ4v) is 2.31. The van der Waals surface area contributed by atoms with Crippen molar-refractivity contribution in [2.24, 2.45) is 0 Å². The molecule has 2 aliphatic rings. The zero-order valence-electron chi connectivity index (χ0n) is 8.97. The van der Waals surface area contributed by atoms with E-state index in [9.17, 15) is 15.0 Å². The van der Waals surface area contributed by atoms with Crippen molar-refractivity contribution in [2.45, 2.75) is 43.7 Å². The first kappa shape index (κ1) is 9.90. The molecule has 0 radical (unpaired) electrons. The van der Waals surface area contributed by atoms with Crippen LogP contribution in [0.25, 0.3) is 0 Å². The zero-order valence-corrected chi connectivity index (χ0v) is 8.97. The Labute approximate surface area is 93.2 Å². The highest BCUT2D eigenvalue weighted by Gasteiger charge is 2.31. The number of pyridine rings is 1. The van der Waals surface area contributed by atoms with Gasteiger partial charge in [0.05, 0.1) is 6.10 Å². The molecule has 2 fully saturated rings. The molecule has 2 aliphatic carbocycles. The first-order chi connectivity index (χ1) is 7.65. The van der Waals surface area contributed by atoms with E-state index in [1.807, 2.05) is 6.20 Å². The van der Waals surface area contributed by atoms with Gasteiger partial charge in [0.1, 0.15) is 0 Å². The van der Waals surface area contributed by atoms with Gasteiger partial charge in [-0.3, -0.25) is 4.79 Å². The topological polar surface area (TPSA) is 62.5 Å². The quantitative estimate of drug-likeness (QED) is 0.786. The molecule has 0 amide bonds. The standard InChI is InChI=1S/C12H15NO3/c14-10-4-9(5-10)13-6-8(7-1-2-7)3-11(15)12(13)16/h3,6-7,9-10,14-15H,1-2,4-5H2/t9-,10+. The summed E-state index contributed by atoms with van der Waals surface area (Å²) in [5, 5.41) is 18.8. The van der Waals surface area contributed by atoms with Crippen molar-refractivity contribution in [1.29, 1.82) is 0 Å². The molecular weight excluding hydrogens is 206 g/mol. The Morgan fingerprint density at radius 3 is 2.56 bits per heavy atom. The van der Waals surface area contributed by atoms with Crippen LogP contribution in [0.2, 0.25) is 0 Å². The summed E-state index contributed by atoms with van der Waals surface area (Å²) in [6.45, 7) is 0. The number of aliphatic hydroxyl groups excluding tert-OH is 1. The van der Waals surface area contributed by atoms with Crippen LogP contribution in [-0.2, 0) is 0 Å². The van der Waals surface area contributed by atoms with Crippen LogP contribution in [0.1, 0.15) is 43.2 Å². The van der Waals surface area contributed by atoms with Gasteiger partial charge in [0.15, 0.2) is 5.75 Å². The minimum Gasteiger partial charge on any atom is -0.503 e. The van der Waals surface area contributed by atoms with Gasteiger partial charge < -0.3 is 14.8 Å². The monoisotopic (exact) mass is 221 g/mol. The molecule has 3 rings (SSSR count). The molecule has 86 valence electrons. The van der Waals surface area contributed by atoms with Crippen LogP contribution >= 0.6 is 0 Å². The third-order valence-corrected chi connectivity index (χ3v) is 3.58. The summed E-state index contributed by atoms with van der Waals surface area (Å²) in [5.74, 6) is 0.355. The molecule has 0 bridgehead atoms. The molecule has 2 saturated carbocycles. The summed E-state index contributed by atoms with van der Waals surface area (Å²) < 4.78 is 1.59. The van der Waals surface area contributed by atoms with Crippen LogP contribution in [0.15, 0.2) is 17.1 Å². The molecule has 4 nitrogen and oxygen atoms in total. The number of nitrogens with zero attached hydrogens (tertiary/aromatic N) is 1. The second kappa shape index (κ2) is 3.35. The van der Waals surface area contributed by atoms with E-state index in [2.05, 4.69) is 0 Å². The van der Waals surface area contributed by atoms with Gasteiger partial charge in [-0.05, 0) is 43.2 Å². The normalized spacial score (nSPS) is 28.8. The Morgan fingerprint density at radius 2 is 2.00 bits per heavy atom. The molecule has 16 heavy (non-hydrogen) atoms. The fraction of sp³-hybridized carbons (Fsp3) is 0.583. The average molecular weight is 221 g/mol. The summed E-state index contributed by atoms with van der Waals surface area (Å²) in [6.07, 6.45) is 5.09. The molecule has 0 unspecified atom stereocenters. The van der Waals surface area contributed by atoms with Crippen LogP contribution in [-0.4, -0.2) is 20.9 Å². The van der Waals surface area contributed by atoms with Gasteiger partial charge in [-0.1, -0.05) is 0 Å². The second-order valence-corrected chi connectivity index (χ2v) is 4.92. The zero-order chi connectivity index (χ0) is 11.3. The van der Waals surface area contributed by atoms with Gasteiger partial charge in [-0.15, -0.1) is 0 Å². The maximum Gasteiger partial charge on any atom is 0.292 e. The summed E-state index contributed by atoms with van der Waals surface area (Å²) >= 11 is 0. The Hall–Kier alpha value is -1.29. The highest BCUT2D eigenvalue weighted by Crippen LogP contribution is 2.41. The summed E-state index contributed by atoms with van der Waals surface area (Å²) in [5.41, 5.74) is 0.722. The van der Waals surface area contributed by atoms with E-state index in [1.165, 1.54) is 0 Å². The minimum atomic E-state index is -0.332. The molecule has 1 aromatic heterocycles. The second-order valence-electron chi connectivity index (χ2n) is 4.92. The minimum absolute atomic E-state index is 0.0621. The molecule has 1 aromatic rings. The molecule has 0 spiro atoms. The van der Waals surface area contributed by atoms with Crippen molar-refractivity contribution in [1.82, 2.24) is 4.57 Å². The van der Waals surface area contributed by atoms with Crippen molar-refractivity contribution >= 4 is 0 Å². The molecule has 2 N–H and O–H groups in total. The third-order valence-electron chi connectivity index (χ3n) is 3.58. The van der Waals surface area contributed by atoms with Crippen molar-refractivity contribution in [3.05, 3.63) is 28.2 Å². The number of aromatic nitrogens is 1. The average Bonchev–Trinajstić information content (AvgIpc) is 3.01. The van der Waals surface area contributed by atoms with Gasteiger partial charge in [0.2, 0.25) is 0 Å². The largest absolute Gasteiger partial charge is 0.503 e. The SMILES string of the molecule is O=c1c(O)cc(C2CC2)cn1[C@H]1C[C@@H](O)C1. The van der Waals surface area contributed by atoms with Crippen molar-refractivity contribution in [3.8, 4) is 5.75 Å². The first-order valence-electron chi connectivity index (χ1n) is 5.78. The highest BCUT2D eigenvalue weighted by atomic mass is 16.3. The maximum atomic E-state index is 11.7. The fourth-order valence-electron chi connectivity index (χ4n) is 2.31. The van der Waals surface area contributed by atoms with Crippen LogP contribution in [0.5, 0.6) is 5.75 Å². The predicted octanol–water partition coefficient (Wildman–Crippen LogP) is 1.13. The predicted molar refractivity (Wildman–Crippen MR) is 58.6 cm³/mol. The van der Waals surface area contributed by atoms with E-state index < -0.39 is 0 Å². The van der Waals surface area contributed by atoms with E-state index >= 15 is 0 Å². The Bertz CT molecular complexity index is 470. The van der Waals surface area contributed by atoms with Crippen molar-refractivity contribution in [2.75, 3.05) is 0 Å². The number of hydrogen-bond donors (Lipinski definition) is 2. The van der Waals surface area contributed by atoms with Crippen LogP contribution in [0.4, 0.5) is 0 Å². The third kappa shape index (κ3) is 1.53. The van der Waals surface area contributed by atoms with E-state index in [0.717, 1.165) is 18.4 Å². The lowest BCUT2D eigenvalue weighted by atomic mass is 9.89. The highest BCUT2D eigenvalue weighted by molar-refractivity contribution is 5.29. The summed E-state index contributed by atoms with van der Waals surface area (Å²) in [6, 6.07) is 1.65. The molecule has 0 atom stereocenters. The molecule has 0 aliphatic heterocycles. The van der Waals surface area contributed by atoms with E-state index in [-0.39, 0.29) is 23.5 Å². The summed E-state index contributed by atoms with van der Waals surface area (Å²) in [4.78, 5) is 11.7. The Balaban J connectivity index is 1.98. The van der Waals surface area contributed by atoms with Gasteiger partial charge in [-0.25, -0.2) is 0 Å². The molecule has 0 aromatic carbocycles. The number of aliphatic hydroxyl groups is 1. The summed E-state index contributed by atoms with van der Waals surface area (Å²) in [7, 11) is 0. The first-order valence-corrected chi connectivity index (χ1v) is 5.78. The van der Waals surface area contributed by atoms with Gasteiger partial charge >= 0.3 is 0 Å². The lowest BCUT2D eigenvalue weighted by molar-refractivity contribution is 0.0467. The molecule has 0 saturated heterocycles. The number of hydrogen-bond acceptors (Lipinski definition) is 3. The number of rotatable bonds is 2. The lowest BCUT2D eigenvalue weighted by Crippen LogP contribution is -2.36.